The van der Waals surface area contributed by atoms with E-state index in [0.717, 1.165) is 32.2 Å². The maximum Gasteiger partial charge on any atom is 0.319 e. The van der Waals surface area contributed by atoms with Gasteiger partial charge in [-0.05, 0) is 67.6 Å². The molecule has 2 bridgehead atoms. The van der Waals surface area contributed by atoms with Gasteiger partial charge in [0.2, 0.25) is 0 Å². The van der Waals surface area contributed by atoms with E-state index < -0.39 is 34.1 Å². The van der Waals surface area contributed by atoms with Crippen LogP contribution in [0.25, 0.3) is 32.9 Å². The van der Waals surface area contributed by atoms with Crippen molar-refractivity contribution in [1.82, 2.24) is 19.9 Å². The van der Waals surface area contributed by atoms with Crippen molar-refractivity contribution in [1.29, 1.82) is 0 Å². The lowest BCUT2D eigenvalue weighted by molar-refractivity contribution is 0.107. The third kappa shape index (κ3) is 4.92. The van der Waals surface area contributed by atoms with Crippen molar-refractivity contribution in [3.63, 3.8) is 0 Å². The third-order valence-corrected chi connectivity index (χ3v) is 12.3. The minimum Gasteiger partial charge on any atom is -0.508 e. The summed E-state index contributed by atoms with van der Waals surface area (Å²) in [6.07, 6.45) is 12.0. The minimum atomic E-state index is -0.963. The van der Waals surface area contributed by atoms with E-state index in [-0.39, 0.29) is 63.2 Å². The number of anilines is 1. The Bertz CT molecular complexity index is 1990. The summed E-state index contributed by atoms with van der Waals surface area (Å²) in [5, 5.41) is 11.7. The number of aromatic nitrogens is 3. The molecule has 3 unspecified atom stereocenters. The Morgan fingerprint density at radius 3 is 2.70 bits per heavy atom. The van der Waals surface area contributed by atoms with Gasteiger partial charge in [-0.15, -0.1) is 6.42 Å². The smallest absolute Gasteiger partial charge is 0.319 e. The van der Waals surface area contributed by atoms with E-state index >= 15 is 4.39 Å². The number of pyridine rings is 1. The summed E-state index contributed by atoms with van der Waals surface area (Å²) in [6.45, 7) is 2.53. The van der Waals surface area contributed by atoms with Gasteiger partial charge in [-0.2, -0.15) is 9.97 Å². The van der Waals surface area contributed by atoms with E-state index in [1.807, 2.05) is 0 Å². The van der Waals surface area contributed by atoms with Crippen LogP contribution in [0.2, 0.25) is 0 Å². The van der Waals surface area contributed by atoms with Crippen molar-refractivity contribution in [2.75, 3.05) is 43.9 Å². The van der Waals surface area contributed by atoms with Gasteiger partial charge >= 0.3 is 6.01 Å². The van der Waals surface area contributed by atoms with Crippen molar-refractivity contribution in [2.24, 2.45) is 11.8 Å². The van der Waals surface area contributed by atoms with Gasteiger partial charge in [-0.1, -0.05) is 12.0 Å². The summed E-state index contributed by atoms with van der Waals surface area (Å²) < 4.78 is 65.1. The Morgan fingerprint density at radius 2 is 1.96 bits per heavy atom. The molecule has 8 nitrogen and oxygen atoms in total. The molecule has 8 rings (SSSR count). The molecule has 1 N–H and O–H groups in total. The standard InChI is InChI=1S/C35H34F3N5O3S/c1-3-24-27(37)8-7-19-11-23(44)12-25(28(19)24)30-29(38)31-26(14-39-30)33(42-15-20-5-6-21(16-42)32(20)47(2)45)41-34(40-31)46-18-35-9-4-10-43(35)17-22(36)13-35/h1,7-8,11-12,14,20-22,32,44H,4-6,9-10,13,15-18H2,2H3/t20?,21?,22-,32?,35+,47?/m1/s1. The van der Waals surface area contributed by atoms with Crippen LogP contribution in [0.1, 0.15) is 37.7 Å². The van der Waals surface area contributed by atoms with Crippen molar-refractivity contribution in [2.45, 2.75) is 49.1 Å². The first kappa shape index (κ1) is 30.4. The zero-order valence-electron chi connectivity index (χ0n) is 25.9. The fraction of sp³-hybridized carbons (Fsp3) is 0.457. The van der Waals surface area contributed by atoms with Crippen LogP contribution < -0.4 is 9.64 Å². The summed E-state index contributed by atoms with van der Waals surface area (Å²) in [6, 6.07) is 5.39. The molecule has 0 spiro atoms. The maximum absolute atomic E-state index is 16.9. The second-order valence-electron chi connectivity index (χ2n) is 13.5. The van der Waals surface area contributed by atoms with Gasteiger partial charge in [0.15, 0.2) is 5.82 Å². The number of hydrogen-bond acceptors (Lipinski definition) is 8. The molecule has 3 saturated heterocycles. The average molecular weight is 662 g/mol. The number of phenolic OH excluding ortho intramolecular Hbond substituents is 1. The molecular formula is C35H34F3N5O3S. The van der Waals surface area contributed by atoms with Gasteiger partial charge < -0.3 is 14.7 Å². The molecule has 1 saturated carbocycles. The lowest BCUT2D eigenvalue weighted by atomic mass is 9.95. The Balaban J connectivity index is 1.27. The number of rotatable bonds is 6. The molecule has 0 amide bonds. The van der Waals surface area contributed by atoms with Crippen LogP contribution in [0.4, 0.5) is 19.0 Å². The van der Waals surface area contributed by atoms with Crippen LogP contribution in [0.3, 0.4) is 0 Å². The summed E-state index contributed by atoms with van der Waals surface area (Å²) in [7, 11) is -0.963. The van der Waals surface area contributed by atoms with E-state index in [1.165, 1.54) is 30.5 Å². The Hall–Kier alpha value is -3.95. The maximum atomic E-state index is 16.9. The van der Waals surface area contributed by atoms with Crippen LogP contribution in [-0.2, 0) is 10.8 Å². The number of phenols is 1. The highest BCUT2D eigenvalue weighted by molar-refractivity contribution is 7.84. The molecule has 1 aliphatic carbocycles. The molecular weight excluding hydrogens is 627 g/mol. The van der Waals surface area contributed by atoms with Gasteiger partial charge in [-0.25, -0.2) is 13.2 Å². The van der Waals surface area contributed by atoms with Gasteiger partial charge in [0, 0.05) is 65.5 Å². The monoisotopic (exact) mass is 661 g/mol. The highest BCUT2D eigenvalue weighted by Crippen LogP contribution is 2.44. The number of aromatic hydroxyl groups is 1. The lowest BCUT2D eigenvalue weighted by Crippen LogP contribution is -2.47. The fourth-order valence-corrected chi connectivity index (χ4v) is 10.3. The Morgan fingerprint density at radius 1 is 1.17 bits per heavy atom. The molecule has 2 aromatic carbocycles. The van der Waals surface area contributed by atoms with Gasteiger partial charge in [0.25, 0.3) is 0 Å². The zero-order chi connectivity index (χ0) is 32.6. The molecule has 4 aromatic rings. The number of benzene rings is 2. The predicted molar refractivity (Wildman–Crippen MR) is 175 cm³/mol. The summed E-state index contributed by atoms with van der Waals surface area (Å²) in [5.41, 5.74) is -0.610. The first-order valence-corrected chi connectivity index (χ1v) is 17.7. The van der Waals surface area contributed by atoms with Crippen LogP contribution in [0.15, 0.2) is 30.5 Å². The molecule has 4 fully saturated rings. The number of ether oxygens (including phenoxy) is 1. The van der Waals surface area contributed by atoms with E-state index in [9.17, 15) is 18.1 Å². The molecule has 5 heterocycles. The van der Waals surface area contributed by atoms with Gasteiger partial charge in [-0.3, -0.25) is 14.1 Å². The highest BCUT2D eigenvalue weighted by Gasteiger charge is 2.50. The number of terminal acetylenes is 1. The lowest BCUT2D eigenvalue weighted by Gasteiger charge is -2.38. The largest absolute Gasteiger partial charge is 0.508 e. The molecule has 47 heavy (non-hydrogen) atoms. The summed E-state index contributed by atoms with van der Waals surface area (Å²) in [4.78, 5) is 18.1. The zero-order valence-corrected chi connectivity index (χ0v) is 26.7. The third-order valence-electron chi connectivity index (χ3n) is 10.8. The first-order chi connectivity index (χ1) is 22.7. The second-order valence-corrected chi connectivity index (χ2v) is 15.0. The SMILES string of the molecule is C#Cc1c(F)ccc2cc(O)cc(-c3ncc4c(N5CC6CCC(C5)C6S(C)=O)nc(OC[C@@]56CCCN5C[C@H](F)C6)nc4c3F)c12. The molecule has 4 aliphatic rings. The van der Waals surface area contributed by atoms with Crippen molar-refractivity contribution >= 4 is 38.3 Å². The van der Waals surface area contributed by atoms with Crippen LogP contribution in [-0.4, -0.2) is 85.2 Å². The average Bonchev–Trinajstić information content (AvgIpc) is 3.66. The first-order valence-electron chi connectivity index (χ1n) is 16.0. The van der Waals surface area contributed by atoms with Crippen LogP contribution >= 0.6 is 0 Å². The molecule has 0 radical (unpaired) electrons. The quantitative estimate of drug-likeness (QED) is 0.277. The van der Waals surface area contributed by atoms with E-state index in [0.29, 0.717) is 42.6 Å². The number of alkyl halides is 1. The van der Waals surface area contributed by atoms with E-state index in [1.54, 1.807) is 6.26 Å². The summed E-state index contributed by atoms with van der Waals surface area (Å²) in [5.74, 6) is 1.62. The Labute approximate surface area is 272 Å². The topological polar surface area (TPSA) is 91.7 Å². The molecule has 5 atom stereocenters. The minimum absolute atomic E-state index is 0.0308. The molecule has 3 aliphatic heterocycles. The predicted octanol–water partition coefficient (Wildman–Crippen LogP) is 5.36. The van der Waals surface area contributed by atoms with Crippen LogP contribution in [0, 0.1) is 35.8 Å². The van der Waals surface area contributed by atoms with E-state index in [2.05, 4.69) is 25.7 Å². The molecule has 244 valence electrons. The molecule has 2 aromatic heterocycles. The number of piperidine rings is 1. The number of halogens is 3. The normalized spacial score (nSPS) is 27.8. The van der Waals surface area contributed by atoms with Crippen molar-refractivity contribution in [3.8, 4) is 35.4 Å². The highest BCUT2D eigenvalue weighted by atomic mass is 32.2. The second kappa shape index (κ2) is 11.3. The number of nitrogens with zero attached hydrogens (tertiary/aromatic N) is 5. The van der Waals surface area contributed by atoms with E-state index in [4.69, 9.17) is 16.1 Å². The summed E-state index contributed by atoms with van der Waals surface area (Å²) >= 11 is 0. The van der Waals surface area contributed by atoms with Crippen molar-refractivity contribution in [3.05, 3.63) is 47.7 Å². The van der Waals surface area contributed by atoms with Gasteiger partial charge in [0.05, 0.1) is 16.5 Å². The number of hydrogen-bond donors (Lipinski definition) is 1. The van der Waals surface area contributed by atoms with Crippen LogP contribution in [0.5, 0.6) is 11.8 Å². The Kier molecular flexibility index (Phi) is 7.33. The molecule has 12 heteroatoms. The fourth-order valence-electron chi connectivity index (χ4n) is 8.80. The van der Waals surface area contributed by atoms with Crippen molar-refractivity contribution < 1.29 is 27.2 Å². The number of fused-ring (bicyclic) bond motifs is 5. The van der Waals surface area contributed by atoms with Gasteiger partial charge in [0.1, 0.15) is 41.4 Å².